The fraction of sp³-hybridized carbons (Fsp3) is 0.333. The summed E-state index contributed by atoms with van der Waals surface area (Å²) in [5, 5.41) is 2.93. The van der Waals surface area contributed by atoms with E-state index < -0.39 is 0 Å². The second-order valence-electron chi connectivity index (χ2n) is 8.24. The lowest BCUT2D eigenvalue weighted by Gasteiger charge is -2.28. The minimum atomic E-state index is -0.322. The van der Waals surface area contributed by atoms with E-state index >= 15 is 0 Å². The van der Waals surface area contributed by atoms with Crippen LogP contribution in [0.2, 0.25) is 0 Å². The zero-order valence-corrected chi connectivity index (χ0v) is 20.2. The summed E-state index contributed by atoms with van der Waals surface area (Å²) in [5.41, 5.74) is 3.90. The summed E-state index contributed by atoms with van der Waals surface area (Å²) in [6, 6.07) is 21.3. The van der Waals surface area contributed by atoms with E-state index in [1.54, 1.807) is 12.0 Å². The van der Waals surface area contributed by atoms with Gasteiger partial charge in [-0.1, -0.05) is 49.4 Å². The molecule has 3 rings (SSSR count). The van der Waals surface area contributed by atoms with Gasteiger partial charge >= 0.3 is 6.03 Å². The van der Waals surface area contributed by atoms with Crippen LogP contribution >= 0.6 is 0 Å². The van der Waals surface area contributed by atoms with Crippen LogP contribution in [0.5, 0.6) is 0 Å². The van der Waals surface area contributed by atoms with Gasteiger partial charge in [0.15, 0.2) is 0 Å². The van der Waals surface area contributed by atoms with Crippen LogP contribution in [0.1, 0.15) is 23.7 Å². The van der Waals surface area contributed by atoms with Crippen molar-refractivity contribution in [2.24, 2.45) is 7.05 Å². The van der Waals surface area contributed by atoms with Crippen LogP contribution in [0.3, 0.4) is 0 Å². The molecule has 0 aliphatic heterocycles. The Morgan fingerprint density at radius 2 is 1.71 bits per heavy atom. The van der Waals surface area contributed by atoms with Crippen molar-refractivity contribution in [1.29, 1.82) is 0 Å². The van der Waals surface area contributed by atoms with Crippen LogP contribution in [0.4, 0.5) is 10.5 Å². The molecular weight excluding hydrogens is 428 g/mol. The number of urea groups is 1. The number of carbonyl (C=O) groups excluding carboxylic acids is 2. The summed E-state index contributed by atoms with van der Waals surface area (Å²) in [6.07, 6.45) is 2.84. The zero-order chi connectivity index (χ0) is 24.3. The second kappa shape index (κ2) is 12.6. The quantitative estimate of drug-likeness (QED) is 0.462. The first-order chi connectivity index (χ1) is 16.5. The normalized spacial score (nSPS) is 10.7. The Morgan fingerprint density at radius 1 is 0.941 bits per heavy atom. The Morgan fingerprint density at radius 3 is 2.38 bits per heavy atom. The lowest BCUT2D eigenvalue weighted by Crippen LogP contribution is -2.45. The Bertz CT molecular complexity index is 1060. The Kier molecular flexibility index (Phi) is 9.29. The number of hydrogen-bond donors (Lipinski definition) is 1. The van der Waals surface area contributed by atoms with E-state index in [0.29, 0.717) is 31.9 Å². The van der Waals surface area contributed by atoms with Gasteiger partial charge in [-0.15, -0.1) is 0 Å². The molecule has 2 aromatic carbocycles. The van der Waals surface area contributed by atoms with Crippen LogP contribution < -0.4 is 5.32 Å². The highest BCUT2D eigenvalue weighted by atomic mass is 16.5. The number of nitrogens with zero attached hydrogens (tertiary/aromatic N) is 3. The van der Waals surface area contributed by atoms with E-state index in [1.165, 1.54) is 4.90 Å². The van der Waals surface area contributed by atoms with Gasteiger partial charge in [0.05, 0.1) is 13.2 Å². The highest BCUT2D eigenvalue weighted by Crippen LogP contribution is 2.14. The Labute approximate surface area is 201 Å². The largest absolute Gasteiger partial charge is 0.383 e. The number of methoxy groups -OCH3 is 1. The number of carbonyl (C=O) groups is 2. The highest BCUT2D eigenvalue weighted by Gasteiger charge is 2.22. The number of amides is 3. The molecule has 0 aliphatic rings. The summed E-state index contributed by atoms with van der Waals surface area (Å²) >= 11 is 0. The summed E-state index contributed by atoms with van der Waals surface area (Å²) < 4.78 is 7.20. The first kappa shape index (κ1) is 25.1. The number of aryl methyl sites for hydroxylation is 2. The van der Waals surface area contributed by atoms with Crippen LogP contribution in [-0.4, -0.2) is 53.1 Å². The van der Waals surface area contributed by atoms with Gasteiger partial charge < -0.3 is 24.4 Å². The van der Waals surface area contributed by atoms with Crippen LogP contribution in [-0.2, 0) is 36.1 Å². The maximum Gasteiger partial charge on any atom is 0.322 e. The van der Waals surface area contributed by atoms with E-state index in [-0.39, 0.29) is 18.5 Å². The van der Waals surface area contributed by atoms with E-state index in [4.69, 9.17) is 4.74 Å². The minimum absolute atomic E-state index is 0.0417. The molecule has 0 aliphatic carbocycles. The summed E-state index contributed by atoms with van der Waals surface area (Å²) in [7, 11) is 3.54. The number of rotatable bonds is 11. The maximum atomic E-state index is 13.5. The third-order valence-electron chi connectivity index (χ3n) is 5.74. The SMILES string of the molecule is CCc1cccc(NC(=O)N(CCOC)CC(=O)N(Cc2ccccc2)Cc2cccn2C)c1. The van der Waals surface area contributed by atoms with Crippen molar-refractivity contribution in [3.63, 3.8) is 0 Å². The molecule has 1 aromatic heterocycles. The van der Waals surface area contributed by atoms with E-state index in [9.17, 15) is 9.59 Å². The predicted molar refractivity (Wildman–Crippen MR) is 134 cm³/mol. The van der Waals surface area contributed by atoms with E-state index in [0.717, 1.165) is 23.2 Å². The average molecular weight is 463 g/mol. The molecule has 7 heteroatoms. The van der Waals surface area contributed by atoms with Gasteiger partial charge in [-0.3, -0.25) is 4.79 Å². The summed E-state index contributed by atoms with van der Waals surface area (Å²) in [5.74, 6) is -0.126. The molecule has 180 valence electrons. The van der Waals surface area contributed by atoms with Gasteiger partial charge in [-0.2, -0.15) is 0 Å². The highest BCUT2D eigenvalue weighted by molar-refractivity contribution is 5.92. The third-order valence-corrected chi connectivity index (χ3v) is 5.74. The van der Waals surface area contributed by atoms with Gasteiger partial charge in [0.2, 0.25) is 5.91 Å². The van der Waals surface area contributed by atoms with Crippen molar-refractivity contribution < 1.29 is 14.3 Å². The van der Waals surface area contributed by atoms with Crippen LogP contribution in [0.15, 0.2) is 72.9 Å². The smallest absolute Gasteiger partial charge is 0.322 e. The molecule has 1 heterocycles. The number of nitrogens with one attached hydrogen (secondary N) is 1. The Hall–Kier alpha value is -3.58. The Balaban J connectivity index is 1.76. The molecule has 0 saturated carbocycles. The van der Waals surface area contributed by atoms with Crippen molar-refractivity contribution >= 4 is 17.6 Å². The number of benzene rings is 2. The fourth-order valence-corrected chi connectivity index (χ4v) is 3.68. The number of hydrogen-bond acceptors (Lipinski definition) is 3. The number of aromatic nitrogens is 1. The molecule has 0 saturated heterocycles. The van der Waals surface area contributed by atoms with E-state index in [2.05, 4.69) is 12.2 Å². The van der Waals surface area contributed by atoms with Crippen molar-refractivity contribution in [3.05, 3.63) is 89.7 Å². The first-order valence-corrected chi connectivity index (χ1v) is 11.6. The average Bonchev–Trinajstić information content (AvgIpc) is 3.26. The molecule has 0 spiro atoms. The molecular formula is C27H34N4O3. The molecule has 0 bridgehead atoms. The number of anilines is 1. The van der Waals surface area contributed by atoms with Gasteiger partial charge in [0, 0.05) is 44.8 Å². The van der Waals surface area contributed by atoms with Crippen molar-refractivity contribution in [2.75, 3.05) is 32.1 Å². The monoisotopic (exact) mass is 462 g/mol. The minimum Gasteiger partial charge on any atom is -0.383 e. The topological polar surface area (TPSA) is 66.8 Å². The molecule has 0 radical (unpaired) electrons. The van der Waals surface area contributed by atoms with Crippen LogP contribution in [0, 0.1) is 0 Å². The lowest BCUT2D eigenvalue weighted by atomic mass is 10.1. The van der Waals surface area contributed by atoms with Gasteiger partial charge in [0.25, 0.3) is 0 Å². The fourth-order valence-electron chi connectivity index (χ4n) is 3.68. The molecule has 3 aromatic rings. The van der Waals surface area contributed by atoms with Crippen molar-refractivity contribution in [1.82, 2.24) is 14.4 Å². The zero-order valence-electron chi connectivity index (χ0n) is 20.2. The van der Waals surface area contributed by atoms with Crippen molar-refractivity contribution in [2.45, 2.75) is 26.4 Å². The molecule has 0 atom stereocenters. The maximum absolute atomic E-state index is 13.5. The standard InChI is InChI=1S/C27H34N4O3/c1-4-22-12-8-13-24(18-22)28-27(33)30(16-17-34-3)21-26(32)31(19-23-10-6-5-7-11-23)20-25-14-9-15-29(25)2/h5-15,18H,4,16-17,19-21H2,1-3H3,(H,28,33). The van der Waals surface area contributed by atoms with Crippen molar-refractivity contribution in [3.8, 4) is 0 Å². The lowest BCUT2D eigenvalue weighted by molar-refractivity contribution is -0.133. The second-order valence-corrected chi connectivity index (χ2v) is 8.24. The molecule has 3 amide bonds. The van der Waals surface area contributed by atoms with Gasteiger partial charge in [-0.25, -0.2) is 4.79 Å². The third kappa shape index (κ3) is 7.22. The molecule has 0 fully saturated rings. The van der Waals surface area contributed by atoms with Gasteiger partial charge in [0.1, 0.15) is 6.54 Å². The van der Waals surface area contributed by atoms with E-state index in [1.807, 2.05) is 84.5 Å². The molecule has 7 nitrogen and oxygen atoms in total. The number of ether oxygens (including phenoxy) is 1. The molecule has 0 unspecified atom stereocenters. The molecule has 34 heavy (non-hydrogen) atoms. The first-order valence-electron chi connectivity index (χ1n) is 11.6. The summed E-state index contributed by atoms with van der Waals surface area (Å²) in [4.78, 5) is 29.9. The van der Waals surface area contributed by atoms with Crippen LogP contribution in [0.25, 0.3) is 0 Å². The predicted octanol–water partition coefficient (Wildman–Crippen LogP) is 4.30. The molecule has 1 N–H and O–H groups in total. The van der Waals surface area contributed by atoms with Gasteiger partial charge in [-0.05, 0) is 41.8 Å². The summed E-state index contributed by atoms with van der Waals surface area (Å²) in [6.45, 7) is 3.59.